The van der Waals surface area contributed by atoms with E-state index in [2.05, 4.69) is 6.92 Å². The smallest absolute Gasteiger partial charge is 0.178 e. The van der Waals surface area contributed by atoms with E-state index >= 15 is 0 Å². The average molecular weight is 170 g/mol. The molecule has 0 spiro atoms. The van der Waals surface area contributed by atoms with E-state index in [9.17, 15) is 10.2 Å². The van der Waals surface area contributed by atoms with Crippen LogP contribution in [0.15, 0.2) is 0 Å². The molecule has 1 aliphatic carbocycles. The maximum atomic E-state index is 9.25. The van der Waals surface area contributed by atoms with E-state index in [1.54, 1.807) is 0 Å². The highest BCUT2D eigenvalue weighted by molar-refractivity contribution is 7.16. The standard InChI is InChI=1S/C8H10O2S/c1-2-3-4-5-6(4)8(10)11-7(5)9/h4,9-10H,2-3H2,1H3. The fourth-order valence-electron chi connectivity index (χ4n) is 1.58. The van der Waals surface area contributed by atoms with Gasteiger partial charge in [0.15, 0.2) is 10.1 Å². The fourth-order valence-corrected chi connectivity index (χ4v) is 2.48. The molecule has 0 aliphatic heterocycles. The van der Waals surface area contributed by atoms with Crippen LogP contribution in [0.5, 0.6) is 10.1 Å². The highest BCUT2D eigenvalue weighted by Gasteiger charge is 2.41. The lowest BCUT2D eigenvalue weighted by molar-refractivity contribution is 0.478. The van der Waals surface area contributed by atoms with Crippen LogP contribution in [0.4, 0.5) is 0 Å². The molecule has 0 radical (unpaired) electrons. The largest absolute Gasteiger partial charge is 0.499 e. The van der Waals surface area contributed by atoms with Gasteiger partial charge >= 0.3 is 0 Å². The quantitative estimate of drug-likeness (QED) is 0.715. The third kappa shape index (κ3) is 0.839. The maximum Gasteiger partial charge on any atom is 0.178 e. The minimum Gasteiger partial charge on any atom is -0.499 e. The highest BCUT2D eigenvalue weighted by atomic mass is 32.1. The molecule has 0 atom stereocenters. The Kier molecular flexibility index (Phi) is 1.36. The summed E-state index contributed by atoms with van der Waals surface area (Å²) in [7, 11) is 0. The monoisotopic (exact) mass is 170 g/mol. The SMILES string of the molecule is CCCC1c2c(O)sc(O)c21. The van der Waals surface area contributed by atoms with Crippen LogP contribution < -0.4 is 0 Å². The van der Waals surface area contributed by atoms with Gasteiger partial charge in [-0.25, -0.2) is 0 Å². The van der Waals surface area contributed by atoms with E-state index in [-0.39, 0.29) is 0 Å². The molecule has 3 heteroatoms. The zero-order valence-corrected chi connectivity index (χ0v) is 7.11. The average Bonchev–Trinajstić information content (AvgIpc) is 2.54. The fraction of sp³-hybridized carbons (Fsp3) is 0.500. The summed E-state index contributed by atoms with van der Waals surface area (Å²) in [5, 5.41) is 19.1. The first kappa shape index (κ1) is 6.98. The number of hydrogen-bond donors (Lipinski definition) is 2. The van der Waals surface area contributed by atoms with Gasteiger partial charge in [0.1, 0.15) is 0 Å². The molecule has 0 saturated heterocycles. The van der Waals surface area contributed by atoms with Crippen molar-refractivity contribution < 1.29 is 10.2 Å². The first-order chi connectivity index (χ1) is 5.25. The van der Waals surface area contributed by atoms with Crippen molar-refractivity contribution in [1.29, 1.82) is 0 Å². The minimum atomic E-state index is 0.316. The molecule has 0 saturated carbocycles. The molecule has 0 unspecified atom stereocenters. The lowest BCUT2D eigenvalue weighted by atomic mass is 10.2. The van der Waals surface area contributed by atoms with Crippen LogP contribution >= 0.6 is 11.3 Å². The zero-order chi connectivity index (χ0) is 8.01. The van der Waals surface area contributed by atoms with Crippen molar-refractivity contribution >= 4 is 11.3 Å². The van der Waals surface area contributed by atoms with Crippen LogP contribution in [0.25, 0.3) is 0 Å². The van der Waals surface area contributed by atoms with E-state index in [1.165, 1.54) is 0 Å². The molecule has 1 aromatic rings. The van der Waals surface area contributed by atoms with Crippen LogP contribution in [0.3, 0.4) is 0 Å². The number of aromatic hydroxyl groups is 2. The van der Waals surface area contributed by atoms with Gasteiger partial charge in [-0.05, 0) is 6.42 Å². The van der Waals surface area contributed by atoms with E-state index in [0.717, 1.165) is 35.3 Å². The van der Waals surface area contributed by atoms with Crippen molar-refractivity contribution in [2.75, 3.05) is 0 Å². The van der Waals surface area contributed by atoms with Crippen molar-refractivity contribution in [3.63, 3.8) is 0 Å². The van der Waals surface area contributed by atoms with Crippen molar-refractivity contribution in [2.24, 2.45) is 0 Å². The molecule has 1 aromatic heterocycles. The Morgan fingerprint density at radius 1 is 1.27 bits per heavy atom. The van der Waals surface area contributed by atoms with Gasteiger partial charge < -0.3 is 10.2 Å². The van der Waals surface area contributed by atoms with E-state index < -0.39 is 0 Å². The first-order valence-corrected chi connectivity index (χ1v) is 4.61. The van der Waals surface area contributed by atoms with Crippen molar-refractivity contribution in [3.8, 4) is 10.1 Å². The molecular weight excluding hydrogens is 160 g/mol. The van der Waals surface area contributed by atoms with Crippen LogP contribution in [0.1, 0.15) is 36.8 Å². The summed E-state index contributed by atoms with van der Waals surface area (Å²) in [4.78, 5) is 0. The van der Waals surface area contributed by atoms with Gasteiger partial charge in [0.2, 0.25) is 0 Å². The Bertz CT molecular complexity index is 266. The Morgan fingerprint density at radius 2 is 1.82 bits per heavy atom. The number of hydrogen-bond acceptors (Lipinski definition) is 3. The molecule has 0 amide bonds. The summed E-state index contributed by atoms with van der Waals surface area (Å²) >= 11 is 1.08. The van der Waals surface area contributed by atoms with Gasteiger partial charge in [0.25, 0.3) is 0 Å². The van der Waals surface area contributed by atoms with E-state index in [1.807, 2.05) is 0 Å². The molecule has 1 aliphatic rings. The Morgan fingerprint density at radius 3 is 2.27 bits per heavy atom. The van der Waals surface area contributed by atoms with Crippen LogP contribution in [0.2, 0.25) is 0 Å². The molecule has 0 bridgehead atoms. The second-order valence-electron chi connectivity index (χ2n) is 2.88. The lowest BCUT2D eigenvalue weighted by Crippen LogP contribution is -1.74. The van der Waals surface area contributed by atoms with Crippen LogP contribution in [-0.4, -0.2) is 10.2 Å². The van der Waals surface area contributed by atoms with Gasteiger partial charge in [0, 0.05) is 17.0 Å². The van der Waals surface area contributed by atoms with Gasteiger partial charge in [-0.15, -0.1) is 0 Å². The molecule has 60 valence electrons. The van der Waals surface area contributed by atoms with Crippen molar-refractivity contribution in [3.05, 3.63) is 11.1 Å². The molecule has 2 nitrogen and oxygen atoms in total. The molecule has 0 aromatic carbocycles. The van der Waals surface area contributed by atoms with E-state index in [4.69, 9.17) is 0 Å². The normalized spacial score (nSPS) is 15.0. The van der Waals surface area contributed by atoms with E-state index in [0.29, 0.717) is 16.0 Å². The summed E-state index contributed by atoms with van der Waals surface area (Å²) in [6, 6.07) is 0. The third-order valence-corrected chi connectivity index (χ3v) is 2.96. The van der Waals surface area contributed by atoms with Gasteiger partial charge in [-0.3, -0.25) is 0 Å². The summed E-state index contributed by atoms with van der Waals surface area (Å²) in [5.74, 6) is 0.376. The molecule has 11 heavy (non-hydrogen) atoms. The third-order valence-electron chi connectivity index (χ3n) is 2.14. The Balaban J connectivity index is 2.23. The summed E-state index contributed by atoms with van der Waals surface area (Å²) < 4.78 is 0. The topological polar surface area (TPSA) is 40.5 Å². The predicted molar refractivity (Wildman–Crippen MR) is 44.4 cm³/mol. The van der Waals surface area contributed by atoms with Gasteiger partial charge in [-0.1, -0.05) is 24.7 Å². The Labute approximate surface area is 69.1 Å². The van der Waals surface area contributed by atoms with Gasteiger partial charge in [0.05, 0.1) is 0 Å². The van der Waals surface area contributed by atoms with Gasteiger partial charge in [-0.2, -0.15) is 0 Å². The second-order valence-corrected chi connectivity index (χ2v) is 3.86. The predicted octanol–water partition coefficient (Wildman–Crippen LogP) is 2.40. The maximum absolute atomic E-state index is 9.25. The molecular formula is C8H10O2S. The zero-order valence-electron chi connectivity index (χ0n) is 6.29. The van der Waals surface area contributed by atoms with Crippen LogP contribution in [-0.2, 0) is 0 Å². The molecule has 2 rings (SSSR count). The lowest BCUT2D eigenvalue weighted by Gasteiger charge is -1.94. The highest BCUT2D eigenvalue weighted by Crippen LogP contribution is 2.61. The number of fused-ring (bicyclic) bond motifs is 1. The summed E-state index contributed by atoms with van der Waals surface area (Å²) in [6.45, 7) is 2.11. The first-order valence-electron chi connectivity index (χ1n) is 3.80. The summed E-state index contributed by atoms with van der Waals surface area (Å²) in [6.07, 6.45) is 2.16. The van der Waals surface area contributed by atoms with Crippen LogP contribution in [0, 0.1) is 0 Å². The summed E-state index contributed by atoms with van der Waals surface area (Å²) in [5.41, 5.74) is 1.99. The minimum absolute atomic E-state index is 0.316. The Hall–Kier alpha value is -0.700. The molecule has 1 heterocycles. The molecule has 2 N–H and O–H groups in total. The second kappa shape index (κ2) is 2.14. The number of rotatable bonds is 2. The number of thiophene rings is 1. The molecule has 0 fully saturated rings. The van der Waals surface area contributed by atoms with Crippen molar-refractivity contribution in [2.45, 2.75) is 25.7 Å². The van der Waals surface area contributed by atoms with Crippen molar-refractivity contribution in [1.82, 2.24) is 0 Å².